The van der Waals surface area contributed by atoms with Crippen molar-refractivity contribution in [1.29, 1.82) is 0 Å². The molecule has 1 nitrogen and oxygen atoms in total. The second-order valence-corrected chi connectivity index (χ2v) is 10.9. The third-order valence-corrected chi connectivity index (χ3v) is 10.3. The highest BCUT2D eigenvalue weighted by molar-refractivity contribution is 5.09. The predicted molar refractivity (Wildman–Crippen MR) is 108 cm³/mol. The van der Waals surface area contributed by atoms with Crippen molar-refractivity contribution in [3.63, 3.8) is 0 Å². The van der Waals surface area contributed by atoms with Gasteiger partial charge in [-0.25, -0.2) is 0 Å². The number of hydrogen-bond acceptors (Lipinski definition) is 1. The minimum atomic E-state index is -0.404. The van der Waals surface area contributed by atoms with Gasteiger partial charge in [0, 0.05) is 0 Å². The molecule has 6 aliphatic rings. The van der Waals surface area contributed by atoms with E-state index in [2.05, 4.69) is 34.6 Å². The van der Waals surface area contributed by atoms with Gasteiger partial charge in [-0.3, -0.25) is 0 Å². The highest BCUT2D eigenvalue weighted by Gasteiger charge is 2.59. The van der Waals surface area contributed by atoms with Crippen molar-refractivity contribution in [2.75, 3.05) is 0 Å². The molecule has 4 bridgehead atoms. The molecule has 0 radical (unpaired) electrons. The van der Waals surface area contributed by atoms with Gasteiger partial charge in [0.25, 0.3) is 0 Å². The molecule has 0 saturated heterocycles. The molecule has 146 valence electrons. The van der Waals surface area contributed by atoms with E-state index in [0.717, 1.165) is 12.8 Å². The first kappa shape index (κ1) is 19.7. The molecule has 0 aliphatic heterocycles. The summed E-state index contributed by atoms with van der Waals surface area (Å²) in [6.45, 7) is 12.6. The van der Waals surface area contributed by atoms with E-state index in [0.29, 0.717) is 16.2 Å². The van der Waals surface area contributed by atoms with Gasteiger partial charge in [0.05, 0.1) is 5.60 Å². The monoisotopic (exact) mass is 348 g/mol. The molecule has 25 heavy (non-hydrogen) atoms. The first-order valence-electron chi connectivity index (χ1n) is 11.4. The lowest BCUT2D eigenvalue weighted by Crippen LogP contribution is -2.56. The van der Waals surface area contributed by atoms with Crippen molar-refractivity contribution in [2.24, 2.45) is 21.7 Å². The summed E-state index contributed by atoms with van der Waals surface area (Å²) in [5, 5.41) is 11.8. The maximum Gasteiger partial charge on any atom is 0.0701 e. The van der Waals surface area contributed by atoms with Crippen LogP contribution in [0.5, 0.6) is 0 Å². The Morgan fingerprint density at radius 2 is 1.08 bits per heavy atom. The molecular weight excluding hydrogens is 304 g/mol. The minimum Gasteiger partial charge on any atom is -0.389 e. The summed E-state index contributed by atoms with van der Waals surface area (Å²) < 4.78 is 0. The van der Waals surface area contributed by atoms with Crippen molar-refractivity contribution in [2.45, 2.75) is 130 Å². The molecule has 6 fully saturated rings. The third kappa shape index (κ3) is 2.74. The van der Waals surface area contributed by atoms with E-state index in [1.807, 2.05) is 0 Å². The summed E-state index contributed by atoms with van der Waals surface area (Å²) >= 11 is 0. The quantitative estimate of drug-likeness (QED) is 0.568. The molecule has 1 N–H and O–H groups in total. The second-order valence-electron chi connectivity index (χ2n) is 10.9. The van der Waals surface area contributed by atoms with Crippen LogP contribution >= 0.6 is 0 Å². The van der Waals surface area contributed by atoms with Crippen LogP contribution in [0.25, 0.3) is 0 Å². The summed E-state index contributed by atoms with van der Waals surface area (Å²) in [5.41, 5.74) is 1.15. The van der Waals surface area contributed by atoms with Crippen LogP contribution in [0, 0.1) is 21.7 Å². The molecule has 0 aromatic carbocycles. The summed E-state index contributed by atoms with van der Waals surface area (Å²) in [4.78, 5) is 0. The van der Waals surface area contributed by atoms with E-state index in [1.165, 1.54) is 77.0 Å². The van der Waals surface area contributed by atoms with E-state index >= 15 is 0 Å². The number of hydrogen-bond donors (Lipinski definition) is 1. The molecule has 0 unspecified atom stereocenters. The second kappa shape index (κ2) is 6.54. The van der Waals surface area contributed by atoms with E-state index in [4.69, 9.17) is 0 Å². The molecule has 0 spiro atoms. The van der Waals surface area contributed by atoms with Gasteiger partial charge in [0.2, 0.25) is 0 Å². The Morgan fingerprint density at radius 1 is 0.680 bits per heavy atom. The highest BCUT2D eigenvalue weighted by Crippen LogP contribution is 2.67. The average Bonchev–Trinajstić information content (AvgIpc) is 2.55. The smallest absolute Gasteiger partial charge is 0.0701 e. The van der Waals surface area contributed by atoms with Crippen molar-refractivity contribution in [1.82, 2.24) is 0 Å². The normalized spacial score (nSPS) is 45.8. The van der Waals surface area contributed by atoms with Gasteiger partial charge in [-0.2, -0.15) is 0 Å². The van der Waals surface area contributed by atoms with Gasteiger partial charge in [0.1, 0.15) is 0 Å². The van der Waals surface area contributed by atoms with Crippen molar-refractivity contribution in [3.8, 4) is 0 Å². The van der Waals surface area contributed by atoms with Crippen LogP contribution in [0.15, 0.2) is 0 Å². The molecular formula is C24H44O. The van der Waals surface area contributed by atoms with Crippen LogP contribution in [0.2, 0.25) is 0 Å². The van der Waals surface area contributed by atoms with E-state index < -0.39 is 5.60 Å². The van der Waals surface area contributed by atoms with Gasteiger partial charge in [-0.15, -0.1) is 0 Å². The first-order valence-corrected chi connectivity index (χ1v) is 11.4. The van der Waals surface area contributed by atoms with Crippen LogP contribution in [0.3, 0.4) is 0 Å². The fraction of sp³-hybridized carbons (Fsp3) is 1.00. The molecule has 0 heterocycles. The van der Waals surface area contributed by atoms with E-state index in [1.54, 1.807) is 0 Å². The molecule has 0 aromatic rings. The maximum absolute atomic E-state index is 11.8. The predicted octanol–water partition coefficient (Wildman–Crippen LogP) is 7.26. The largest absolute Gasteiger partial charge is 0.389 e. The van der Waals surface area contributed by atoms with Crippen molar-refractivity contribution in [3.05, 3.63) is 0 Å². The third-order valence-electron chi connectivity index (χ3n) is 10.3. The Balaban J connectivity index is 2.14. The maximum atomic E-state index is 11.8. The van der Waals surface area contributed by atoms with Gasteiger partial charge in [0.15, 0.2) is 0 Å². The first-order chi connectivity index (χ1) is 11.7. The molecule has 0 amide bonds. The van der Waals surface area contributed by atoms with Crippen LogP contribution in [-0.4, -0.2) is 10.7 Å². The lowest BCUT2D eigenvalue weighted by Gasteiger charge is -2.63. The van der Waals surface area contributed by atoms with Crippen LogP contribution in [0.4, 0.5) is 0 Å². The lowest BCUT2D eigenvalue weighted by atomic mass is 9.42. The summed E-state index contributed by atoms with van der Waals surface area (Å²) in [6, 6.07) is 0. The Morgan fingerprint density at radius 3 is 1.52 bits per heavy atom. The lowest BCUT2D eigenvalue weighted by molar-refractivity contribution is -0.168. The zero-order valence-electron chi connectivity index (χ0n) is 17.8. The van der Waals surface area contributed by atoms with Gasteiger partial charge >= 0.3 is 0 Å². The molecule has 6 rings (SSSR count). The number of aliphatic hydroxyl groups is 1. The Kier molecular flexibility index (Phi) is 5.15. The van der Waals surface area contributed by atoms with Crippen LogP contribution in [0.1, 0.15) is 125 Å². The van der Waals surface area contributed by atoms with E-state index in [9.17, 15) is 5.11 Å². The van der Waals surface area contributed by atoms with Crippen molar-refractivity contribution >= 4 is 0 Å². The zero-order valence-corrected chi connectivity index (χ0v) is 17.8. The van der Waals surface area contributed by atoms with Gasteiger partial charge in [-0.05, 0) is 85.9 Å². The van der Waals surface area contributed by atoms with Crippen molar-refractivity contribution < 1.29 is 5.11 Å². The molecule has 1 heteroatoms. The summed E-state index contributed by atoms with van der Waals surface area (Å²) in [5.74, 6) is 0. The summed E-state index contributed by atoms with van der Waals surface area (Å²) in [7, 11) is 0. The van der Waals surface area contributed by atoms with Crippen LogP contribution < -0.4 is 0 Å². The fourth-order valence-corrected chi connectivity index (χ4v) is 8.01. The summed E-state index contributed by atoms with van der Waals surface area (Å²) in [6.07, 6.45) is 17.8. The average molecular weight is 349 g/mol. The molecule has 0 atom stereocenters. The minimum absolute atomic E-state index is 0.157. The zero-order chi connectivity index (χ0) is 18.4. The van der Waals surface area contributed by atoms with E-state index in [-0.39, 0.29) is 5.41 Å². The number of rotatable bonds is 3. The fourth-order valence-electron chi connectivity index (χ4n) is 8.01. The standard InChI is InChI=1S/C24H44O/c1-6-20(3,7-2)23-16-10-18-24(25,19-11-17-23)22(5)14-8-12-21(23,4)13-9-15-22/h25H,6-19H2,1-5H3. The Bertz CT molecular complexity index is 452. The molecule has 6 saturated carbocycles. The Labute approximate surface area is 157 Å². The van der Waals surface area contributed by atoms with Gasteiger partial charge < -0.3 is 5.11 Å². The van der Waals surface area contributed by atoms with Crippen LogP contribution in [-0.2, 0) is 0 Å². The highest BCUT2D eigenvalue weighted by atomic mass is 16.3. The molecule has 0 aromatic heterocycles. The van der Waals surface area contributed by atoms with Gasteiger partial charge in [-0.1, -0.05) is 60.3 Å². The molecule has 6 aliphatic carbocycles. The Hall–Kier alpha value is -0.0400. The SMILES string of the molecule is CCC(C)(CC)C12CCCC(O)(CCC1)C1(C)CCCC2(C)CCC1. The topological polar surface area (TPSA) is 20.2 Å².